The fourth-order valence-corrected chi connectivity index (χ4v) is 6.10. The van der Waals surface area contributed by atoms with Crippen LogP contribution in [0.4, 0.5) is 5.69 Å². The van der Waals surface area contributed by atoms with Gasteiger partial charge in [-0.1, -0.05) is 48.0 Å². The number of nitrogens with zero attached hydrogens (tertiary/aromatic N) is 3. The molecule has 1 saturated carbocycles. The Morgan fingerprint density at radius 1 is 1.00 bits per heavy atom. The van der Waals surface area contributed by atoms with Gasteiger partial charge in [0.1, 0.15) is 6.04 Å². The lowest BCUT2D eigenvalue weighted by Gasteiger charge is -2.26. The molecule has 1 unspecified atom stereocenters. The summed E-state index contributed by atoms with van der Waals surface area (Å²) >= 11 is 6.39. The fraction of sp³-hybridized carbons (Fsp3) is 0.212. The molecule has 2 aromatic heterocycles. The molecule has 2 N–H and O–H groups in total. The second kappa shape index (κ2) is 9.99. The number of rotatable bonds is 5. The highest BCUT2D eigenvalue weighted by molar-refractivity contribution is 6.31. The van der Waals surface area contributed by atoms with Gasteiger partial charge in [-0.05, 0) is 66.3 Å². The van der Waals surface area contributed by atoms with Crippen molar-refractivity contribution >= 4 is 40.0 Å². The molecule has 0 radical (unpaired) electrons. The molecule has 1 atom stereocenters. The van der Waals surface area contributed by atoms with E-state index in [-0.39, 0.29) is 29.3 Å². The number of pyridine rings is 1. The first-order chi connectivity index (χ1) is 20.3. The second-order valence-corrected chi connectivity index (χ2v) is 11.8. The number of fused-ring (bicyclic) bond motifs is 4. The number of carbonyl (C=O) groups excluding carboxylic acids is 2. The van der Waals surface area contributed by atoms with Gasteiger partial charge in [-0.15, -0.1) is 0 Å². The summed E-state index contributed by atoms with van der Waals surface area (Å²) in [7, 11) is 1.84. The van der Waals surface area contributed by atoms with Crippen molar-refractivity contribution in [3.05, 3.63) is 117 Å². The summed E-state index contributed by atoms with van der Waals surface area (Å²) < 4.78 is 3.10. The minimum absolute atomic E-state index is 0.258. The van der Waals surface area contributed by atoms with Gasteiger partial charge < -0.3 is 15.2 Å². The molecule has 1 aliphatic carbocycles. The number of carbonyl (C=O) groups is 2. The van der Waals surface area contributed by atoms with E-state index in [9.17, 15) is 14.4 Å². The molecular formula is C33H28ClN5O3. The van der Waals surface area contributed by atoms with Gasteiger partial charge in [0.05, 0.1) is 11.1 Å². The maximum Gasteiger partial charge on any atom is 0.253 e. The average molecular weight is 578 g/mol. The molecular weight excluding hydrogens is 550 g/mol. The Balaban J connectivity index is 1.33. The van der Waals surface area contributed by atoms with Crippen LogP contribution in [-0.4, -0.2) is 31.7 Å². The molecule has 3 aromatic carbocycles. The number of amides is 2. The summed E-state index contributed by atoms with van der Waals surface area (Å²) in [5, 5.41) is 12.0. The maximum atomic E-state index is 13.9. The predicted molar refractivity (Wildman–Crippen MR) is 163 cm³/mol. The van der Waals surface area contributed by atoms with Crippen LogP contribution < -0.4 is 16.2 Å². The van der Waals surface area contributed by atoms with E-state index in [1.165, 1.54) is 16.8 Å². The molecule has 2 aliphatic rings. The Morgan fingerprint density at radius 2 is 1.81 bits per heavy atom. The van der Waals surface area contributed by atoms with Crippen LogP contribution >= 0.6 is 11.6 Å². The highest BCUT2D eigenvalue weighted by atomic mass is 35.5. The minimum Gasteiger partial charge on any atom is -0.346 e. The van der Waals surface area contributed by atoms with E-state index in [4.69, 9.17) is 11.6 Å². The smallest absolute Gasteiger partial charge is 0.253 e. The summed E-state index contributed by atoms with van der Waals surface area (Å²) in [6.45, 7) is 0. The zero-order valence-electron chi connectivity index (χ0n) is 22.9. The third-order valence-electron chi connectivity index (χ3n) is 8.25. The highest BCUT2D eigenvalue weighted by Crippen LogP contribution is 2.43. The zero-order valence-corrected chi connectivity index (χ0v) is 23.7. The van der Waals surface area contributed by atoms with Gasteiger partial charge in [0.15, 0.2) is 0 Å². The van der Waals surface area contributed by atoms with E-state index in [0.29, 0.717) is 28.3 Å². The van der Waals surface area contributed by atoms with Crippen molar-refractivity contribution in [1.82, 2.24) is 19.7 Å². The van der Waals surface area contributed by atoms with Gasteiger partial charge in [-0.3, -0.25) is 19.1 Å². The largest absolute Gasteiger partial charge is 0.346 e. The molecule has 42 heavy (non-hydrogen) atoms. The molecule has 5 aromatic rings. The summed E-state index contributed by atoms with van der Waals surface area (Å²) in [5.74, 6) is -0.625. The van der Waals surface area contributed by atoms with Crippen LogP contribution in [0.25, 0.3) is 22.0 Å². The number of hydrogen-bond acceptors (Lipinski definition) is 4. The summed E-state index contributed by atoms with van der Waals surface area (Å²) in [5.41, 5.74) is 4.27. The van der Waals surface area contributed by atoms with Crippen molar-refractivity contribution in [2.75, 3.05) is 5.32 Å². The molecule has 3 heterocycles. The normalized spacial score (nSPS) is 15.7. The van der Waals surface area contributed by atoms with Gasteiger partial charge in [-0.2, -0.15) is 5.10 Å². The van der Waals surface area contributed by atoms with Crippen LogP contribution in [0, 0.1) is 0 Å². The molecule has 7 rings (SSSR count). The van der Waals surface area contributed by atoms with Crippen molar-refractivity contribution in [3.8, 4) is 11.1 Å². The molecule has 8 nitrogen and oxygen atoms in total. The van der Waals surface area contributed by atoms with Crippen LogP contribution in [0.5, 0.6) is 0 Å². The van der Waals surface area contributed by atoms with Crippen molar-refractivity contribution in [1.29, 1.82) is 0 Å². The van der Waals surface area contributed by atoms with Crippen molar-refractivity contribution in [2.24, 2.45) is 7.05 Å². The summed E-state index contributed by atoms with van der Waals surface area (Å²) in [4.78, 5) is 41.4. The third kappa shape index (κ3) is 4.88. The second-order valence-electron chi connectivity index (χ2n) is 11.3. The Kier molecular flexibility index (Phi) is 6.24. The zero-order chi connectivity index (χ0) is 29.0. The number of benzene rings is 3. The van der Waals surface area contributed by atoms with Gasteiger partial charge in [0.2, 0.25) is 5.91 Å². The average Bonchev–Trinajstić information content (AvgIpc) is 3.61. The van der Waals surface area contributed by atoms with E-state index in [2.05, 4.69) is 15.7 Å². The van der Waals surface area contributed by atoms with Crippen LogP contribution in [0.3, 0.4) is 0 Å². The Hall–Kier alpha value is -4.69. The topological polar surface area (TPSA) is 98.0 Å². The first-order valence-corrected chi connectivity index (χ1v) is 14.3. The van der Waals surface area contributed by atoms with Gasteiger partial charge in [0.25, 0.3) is 11.5 Å². The summed E-state index contributed by atoms with van der Waals surface area (Å²) in [6, 6.07) is 21.2. The number of hydrogen-bond donors (Lipinski definition) is 2. The molecule has 9 heteroatoms. The van der Waals surface area contributed by atoms with E-state index in [1.54, 1.807) is 10.7 Å². The lowest BCUT2D eigenvalue weighted by Crippen LogP contribution is -2.41. The van der Waals surface area contributed by atoms with Crippen LogP contribution in [0.2, 0.25) is 5.02 Å². The van der Waals surface area contributed by atoms with Gasteiger partial charge in [-0.25, -0.2) is 0 Å². The van der Waals surface area contributed by atoms with Crippen molar-refractivity contribution < 1.29 is 9.59 Å². The Bertz CT molecular complexity index is 1940. The molecule has 1 spiro atoms. The Labute approximate surface area is 246 Å². The fourth-order valence-electron chi connectivity index (χ4n) is 5.93. The van der Waals surface area contributed by atoms with E-state index in [0.717, 1.165) is 40.4 Å². The monoisotopic (exact) mass is 577 g/mol. The molecule has 1 aliphatic heterocycles. The minimum atomic E-state index is -0.915. The molecule has 210 valence electrons. The molecule has 0 saturated heterocycles. The quantitative estimate of drug-likeness (QED) is 0.296. The van der Waals surface area contributed by atoms with Crippen molar-refractivity contribution in [3.63, 3.8) is 0 Å². The van der Waals surface area contributed by atoms with Gasteiger partial charge >= 0.3 is 0 Å². The lowest BCUT2D eigenvalue weighted by atomic mass is 9.89. The van der Waals surface area contributed by atoms with E-state index in [1.807, 2.05) is 73.9 Å². The number of aromatic nitrogens is 3. The summed E-state index contributed by atoms with van der Waals surface area (Å²) in [6.07, 6.45) is 6.12. The number of anilines is 1. The third-order valence-corrected chi connectivity index (χ3v) is 8.48. The first-order valence-electron chi connectivity index (χ1n) is 13.9. The number of aryl methyl sites for hydroxylation is 1. The number of nitrogens with one attached hydrogen (secondary N) is 2. The van der Waals surface area contributed by atoms with Crippen LogP contribution in [0.1, 0.15) is 40.4 Å². The Morgan fingerprint density at radius 3 is 2.60 bits per heavy atom. The first kappa shape index (κ1) is 26.2. The predicted octanol–water partition coefficient (Wildman–Crippen LogP) is 5.30. The van der Waals surface area contributed by atoms with E-state index < -0.39 is 6.04 Å². The standard InChI is InChI=1S/C33H28ClN5O3/c1-38-18-22-14-24(9-10-28(22)37-38)35-32(42)29(13-20-5-3-2-4-6-20)39-19-27-26(16-30(39)40)25-15-23(34)8-7-21(25)17-33(11-12-33)36-31(27)41/h2-10,14-16,18-19,29H,11-13,17H2,1H3,(H,35,42)(H,36,41). The molecule has 2 amide bonds. The van der Waals surface area contributed by atoms with E-state index >= 15 is 0 Å². The number of halogens is 1. The SMILES string of the molecule is Cn1cc2cc(NC(=O)C(Cc3ccccc3)n3cc4c(cc3=O)-c3cc(Cl)ccc3CC3(CC3)NC4=O)ccc2n1. The lowest BCUT2D eigenvalue weighted by molar-refractivity contribution is -0.119. The molecule has 1 fully saturated rings. The highest BCUT2D eigenvalue weighted by Gasteiger charge is 2.46. The van der Waals surface area contributed by atoms with Gasteiger partial charge in [0, 0.05) is 59.1 Å². The van der Waals surface area contributed by atoms with Crippen molar-refractivity contribution in [2.45, 2.75) is 37.3 Å². The van der Waals surface area contributed by atoms with Crippen LogP contribution in [-0.2, 0) is 24.7 Å². The maximum absolute atomic E-state index is 13.9. The molecule has 0 bridgehead atoms. The van der Waals surface area contributed by atoms with Crippen LogP contribution in [0.15, 0.2) is 90.0 Å².